The van der Waals surface area contributed by atoms with Crippen molar-refractivity contribution in [3.63, 3.8) is 0 Å². The third-order valence-corrected chi connectivity index (χ3v) is 0.900. The van der Waals surface area contributed by atoms with Crippen molar-refractivity contribution < 1.29 is 4.39 Å². The molecular formula is C4H11FN2. The highest BCUT2D eigenvalue weighted by molar-refractivity contribution is 4.58. The van der Waals surface area contributed by atoms with Gasteiger partial charge in [-0.1, -0.05) is 6.92 Å². The van der Waals surface area contributed by atoms with Gasteiger partial charge in [0.1, 0.15) is 0 Å². The fourth-order valence-electron chi connectivity index (χ4n) is 0.103. The Hall–Kier alpha value is -0.150. The van der Waals surface area contributed by atoms with Crippen molar-refractivity contribution in [3.8, 4) is 0 Å². The maximum absolute atomic E-state index is 11.5. The van der Waals surface area contributed by atoms with Crippen LogP contribution in [0.4, 0.5) is 4.39 Å². The smallest absolute Gasteiger partial charge is 0.0947 e. The number of nitrogens with two attached hydrogens (primary N) is 2. The monoisotopic (exact) mass is 106 g/mol. The van der Waals surface area contributed by atoms with Crippen LogP contribution in [0.15, 0.2) is 0 Å². The van der Waals surface area contributed by atoms with Gasteiger partial charge in [-0.2, -0.15) is 0 Å². The molecule has 7 heavy (non-hydrogen) atoms. The molecule has 2 nitrogen and oxygen atoms in total. The van der Waals surface area contributed by atoms with Crippen LogP contribution in [-0.4, -0.2) is 12.8 Å². The standard InChI is InChI=1S/C4H11FN2/c1-3(2-5)4(6)7/h3-4H,2,6-7H2,1H3. The summed E-state index contributed by atoms with van der Waals surface area (Å²) in [5.74, 6) is -0.208. The van der Waals surface area contributed by atoms with E-state index in [0.717, 1.165) is 0 Å². The highest BCUT2D eigenvalue weighted by atomic mass is 19.1. The van der Waals surface area contributed by atoms with E-state index >= 15 is 0 Å². The van der Waals surface area contributed by atoms with Crippen LogP contribution in [-0.2, 0) is 0 Å². The zero-order valence-electron chi connectivity index (χ0n) is 4.39. The van der Waals surface area contributed by atoms with Crippen LogP contribution in [0.1, 0.15) is 6.92 Å². The molecule has 0 bridgehead atoms. The zero-order chi connectivity index (χ0) is 5.86. The summed E-state index contributed by atoms with van der Waals surface area (Å²) < 4.78 is 11.5. The number of halogens is 1. The Bertz CT molecular complexity index is 47.0. The summed E-state index contributed by atoms with van der Waals surface area (Å²) in [4.78, 5) is 0. The van der Waals surface area contributed by atoms with Gasteiger partial charge in [0.05, 0.1) is 12.8 Å². The average Bonchev–Trinajstić information content (AvgIpc) is 1.65. The molecule has 0 aliphatic carbocycles. The van der Waals surface area contributed by atoms with E-state index in [9.17, 15) is 4.39 Å². The minimum Gasteiger partial charge on any atom is -0.316 e. The topological polar surface area (TPSA) is 52.0 Å². The molecule has 0 saturated heterocycles. The lowest BCUT2D eigenvalue weighted by Crippen LogP contribution is -2.38. The van der Waals surface area contributed by atoms with Crippen LogP contribution < -0.4 is 11.5 Å². The Morgan fingerprint density at radius 3 is 2.00 bits per heavy atom. The predicted octanol–water partition coefficient (Wildman–Crippen LogP) is -0.164. The minimum absolute atomic E-state index is 0.208. The van der Waals surface area contributed by atoms with E-state index in [-0.39, 0.29) is 5.92 Å². The van der Waals surface area contributed by atoms with E-state index in [0.29, 0.717) is 0 Å². The van der Waals surface area contributed by atoms with Crippen LogP contribution in [0.2, 0.25) is 0 Å². The summed E-state index contributed by atoms with van der Waals surface area (Å²) in [5.41, 5.74) is 10.2. The van der Waals surface area contributed by atoms with Gasteiger partial charge in [-0.3, -0.25) is 4.39 Å². The van der Waals surface area contributed by atoms with E-state index in [4.69, 9.17) is 11.5 Å². The van der Waals surface area contributed by atoms with Crippen molar-refractivity contribution in [2.45, 2.75) is 13.1 Å². The van der Waals surface area contributed by atoms with Gasteiger partial charge < -0.3 is 11.5 Å². The van der Waals surface area contributed by atoms with Crippen molar-refractivity contribution in [1.82, 2.24) is 0 Å². The summed E-state index contributed by atoms with van der Waals surface area (Å²) >= 11 is 0. The van der Waals surface area contributed by atoms with Gasteiger partial charge >= 0.3 is 0 Å². The van der Waals surface area contributed by atoms with Crippen molar-refractivity contribution in [2.24, 2.45) is 17.4 Å². The van der Waals surface area contributed by atoms with Gasteiger partial charge in [0.15, 0.2) is 0 Å². The molecule has 3 heteroatoms. The third-order valence-electron chi connectivity index (χ3n) is 0.900. The summed E-state index contributed by atoms with van der Waals surface area (Å²) in [7, 11) is 0. The number of alkyl halides is 1. The molecule has 0 aromatic carbocycles. The van der Waals surface area contributed by atoms with Gasteiger partial charge in [-0.25, -0.2) is 0 Å². The highest BCUT2D eigenvalue weighted by Gasteiger charge is 2.04. The molecule has 0 rings (SSSR count). The van der Waals surface area contributed by atoms with Gasteiger partial charge in [0, 0.05) is 5.92 Å². The first-order chi connectivity index (χ1) is 3.18. The van der Waals surface area contributed by atoms with Gasteiger partial charge in [-0.05, 0) is 0 Å². The summed E-state index contributed by atoms with van der Waals surface area (Å²) in [6.07, 6.45) is -0.509. The molecule has 0 spiro atoms. The van der Waals surface area contributed by atoms with Crippen LogP contribution in [0, 0.1) is 5.92 Å². The maximum Gasteiger partial charge on any atom is 0.0947 e. The Balaban J connectivity index is 3.14. The molecule has 0 radical (unpaired) electrons. The molecule has 1 unspecified atom stereocenters. The molecule has 4 N–H and O–H groups in total. The van der Waals surface area contributed by atoms with Gasteiger partial charge in [-0.15, -0.1) is 0 Å². The van der Waals surface area contributed by atoms with E-state index in [2.05, 4.69) is 0 Å². The molecule has 0 fully saturated rings. The fourth-order valence-corrected chi connectivity index (χ4v) is 0.103. The number of hydrogen-bond acceptors (Lipinski definition) is 2. The molecule has 0 aromatic rings. The molecule has 1 atom stereocenters. The first-order valence-electron chi connectivity index (χ1n) is 2.25. The first-order valence-corrected chi connectivity index (χ1v) is 2.25. The average molecular weight is 106 g/mol. The molecule has 0 aromatic heterocycles. The quantitative estimate of drug-likeness (QED) is 0.480. The largest absolute Gasteiger partial charge is 0.316 e. The van der Waals surface area contributed by atoms with Crippen molar-refractivity contribution in [3.05, 3.63) is 0 Å². The van der Waals surface area contributed by atoms with Gasteiger partial charge in [0.25, 0.3) is 0 Å². The molecule has 0 amide bonds. The van der Waals surface area contributed by atoms with Crippen LogP contribution in [0.3, 0.4) is 0 Å². The Morgan fingerprint density at radius 1 is 1.57 bits per heavy atom. The summed E-state index contributed by atoms with van der Waals surface area (Å²) in [5, 5.41) is 0. The highest BCUT2D eigenvalue weighted by Crippen LogP contribution is 1.93. The second-order valence-corrected chi connectivity index (χ2v) is 1.71. The minimum atomic E-state index is -0.509. The second-order valence-electron chi connectivity index (χ2n) is 1.71. The number of hydrogen-bond donors (Lipinski definition) is 2. The predicted molar refractivity (Wildman–Crippen MR) is 27.3 cm³/mol. The molecular weight excluding hydrogens is 95.1 g/mol. The Morgan fingerprint density at radius 2 is 2.00 bits per heavy atom. The summed E-state index contributed by atoms with van der Waals surface area (Å²) in [6, 6.07) is 0. The summed E-state index contributed by atoms with van der Waals surface area (Å²) in [6.45, 7) is 1.24. The first kappa shape index (κ1) is 6.85. The SMILES string of the molecule is CC(CF)C(N)N. The normalized spacial score (nSPS) is 15.0. The zero-order valence-corrected chi connectivity index (χ0v) is 4.39. The van der Waals surface area contributed by atoms with E-state index in [1.165, 1.54) is 0 Å². The van der Waals surface area contributed by atoms with E-state index in [1.807, 2.05) is 0 Å². The molecule has 0 aliphatic heterocycles. The lowest BCUT2D eigenvalue weighted by atomic mass is 10.2. The van der Waals surface area contributed by atoms with Crippen molar-refractivity contribution in [1.29, 1.82) is 0 Å². The maximum atomic E-state index is 11.5. The van der Waals surface area contributed by atoms with Crippen LogP contribution >= 0.6 is 0 Å². The molecule has 44 valence electrons. The van der Waals surface area contributed by atoms with E-state index < -0.39 is 12.8 Å². The lowest BCUT2D eigenvalue weighted by molar-refractivity contribution is 0.339. The second kappa shape index (κ2) is 2.93. The molecule has 0 saturated carbocycles. The molecule has 0 aliphatic rings. The Labute approximate surface area is 42.7 Å². The van der Waals surface area contributed by atoms with Crippen molar-refractivity contribution >= 4 is 0 Å². The van der Waals surface area contributed by atoms with E-state index in [1.54, 1.807) is 6.92 Å². The van der Waals surface area contributed by atoms with Gasteiger partial charge in [0.2, 0.25) is 0 Å². The van der Waals surface area contributed by atoms with Crippen LogP contribution in [0.5, 0.6) is 0 Å². The number of rotatable bonds is 2. The van der Waals surface area contributed by atoms with Crippen molar-refractivity contribution in [2.75, 3.05) is 6.67 Å². The molecule has 0 heterocycles. The van der Waals surface area contributed by atoms with Crippen LogP contribution in [0.25, 0.3) is 0 Å². The fraction of sp³-hybridized carbons (Fsp3) is 1.00. The Kier molecular flexibility index (Phi) is 2.87. The lowest BCUT2D eigenvalue weighted by Gasteiger charge is -2.08. The third kappa shape index (κ3) is 2.53.